The number of amides is 1. The quantitative estimate of drug-likeness (QED) is 0.517. The normalized spacial score (nSPS) is 17.3. The van der Waals surface area contributed by atoms with Gasteiger partial charge in [0.25, 0.3) is 0 Å². The number of nitrogens with zero attached hydrogens (tertiary/aromatic N) is 7. The van der Waals surface area contributed by atoms with Gasteiger partial charge in [-0.2, -0.15) is 0 Å². The standard InChI is InChI=1S/C24H29N7OS/c32-21(29-14-16-30(17-15-29)23-25-12-7-13-26-23)18-33-24-27-22(19-8-3-1-4-9-19)31(28-24)20-10-5-2-6-11-20/h2,5-7,10-13,19H,1,3-4,8-9,14-18H2. The van der Waals surface area contributed by atoms with Gasteiger partial charge in [-0.15, -0.1) is 5.10 Å². The van der Waals surface area contributed by atoms with Crippen LogP contribution in [0, 0.1) is 0 Å². The number of piperazine rings is 1. The Morgan fingerprint density at radius 1 is 0.939 bits per heavy atom. The first-order valence-corrected chi connectivity index (χ1v) is 12.7. The van der Waals surface area contributed by atoms with Crippen LogP contribution in [0.2, 0.25) is 0 Å². The summed E-state index contributed by atoms with van der Waals surface area (Å²) in [6, 6.07) is 12.0. The van der Waals surface area contributed by atoms with Crippen LogP contribution in [-0.2, 0) is 4.79 Å². The molecule has 2 fully saturated rings. The van der Waals surface area contributed by atoms with Gasteiger partial charge in [0.2, 0.25) is 17.0 Å². The van der Waals surface area contributed by atoms with Gasteiger partial charge in [-0.25, -0.2) is 19.6 Å². The Morgan fingerprint density at radius 2 is 1.67 bits per heavy atom. The fourth-order valence-corrected chi connectivity index (χ4v) is 5.31. The zero-order valence-electron chi connectivity index (χ0n) is 18.7. The summed E-state index contributed by atoms with van der Waals surface area (Å²) in [5.74, 6) is 2.68. The number of thioether (sulfide) groups is 1. The first kappa shape index (κ1) is 21.9. The van der Waals surface area contributed by atoms with Gasteiger partial charge in [0.1, 0.15) is 5.82 Å². The first-order valence-electron chi connectivity index (χ1n) is 11.7. The summed E-state index contributed by atoms with van der Waals surface area (Å²) in [5, 5.41) is 5.48. The van der Waals surface area contributed by atoms with Crippen LogP contribution in [0.25, 0.3) is 5.69 Å². The molecule has 1 aliphatic carbocycles. The number of hydrogen-bond acceptors (Lipinski definition) is 7. The van der Waals surface area contributed by atoms with E-state index in [1.807, 2.05) is 33.8 Å². The SMILES string of the molecule is O=C(CSc1nc(C2CCCCC2)n(-c2ccccc2)n1)N1CCN(c2ncccn2)CC1. The van der Waals surface area contributed by atoms with Crippen molar-refractivity contribution in [2.24, 2.45) is 0 Å². The number of para-hydroxylation sites is 1. The maximum absolute atomic E-state index is 12.9. The van der Waals surface area contributed by atoms with E-state index in [0.29, 0.717) is 29.9 Å². The smallest absolute Gasteiger partial charge is 0.233 e. The van der Waals surface area contributed by atoms with E-state index < -0.39 is 0 Å². The Bertz CT molecular complexity index is 1050. The highest BCUT2D eigenvalue weighted by Gasteiger charge is 2.25. The first-order chi connectivity index (χ1) is 16.3. The second kappa shape index (κ2) is 10.3. The Hall–Kier alpha value is -2.94. The molecule has 8 nitrogen and oxygen atoms in total. The van der Waals surface area contributed by atoms with Crippen molar-refractivity contribution in [3.63, 3.8) is 0 Å². The van der Waals surface area contributed by atoms with Gasteiger partial charge >= 0.3 is 0 Å². The molecule has 1 aliphatic heterocycles. The largest absolute Gasteiger partial charge is 0.338 e. The summed E-state index contributed by atoms with van der Waals surface area (Å²) < 4.78 is 1.99. The number of aromatic nitrogens is 5. The molecule has 0 bridgehead atoms. The molecule has 33 heavy (non-hydrogen) atoms. The number of benzene rings is 1. The lowest BCUT2D eigenvalue weighted by atomic mass is 9.88. The molecule has 2 aromatic heterocycles. The van der Waals surface area contributed by atoms with E-state index in [4.69, 9.17) is 10.1 Å². The van der Waals surface area contributed by atoms with Gasteiger partial charge < -0.3 is 9.80 Å². The van der Waals surface area contributed by atoms with Gasteiger partial charge in [0.05, 0.1) is 11.4 Å². The maximum atomic E-state index is 12.9. The minimum absolute atomic E-state index is 0.129. The molecule has 0 spiro atoms. The lowest BCUT2D eigenvalue weighted by molar-refractivity contribution is -0.128. The highest BCUT2D eigenvalue weighted by Crippen LogP contribution is 2.33. The summed E-state index contributed by atoms with van der Waals surface area (Å²) in [5.41, 5.74) is 1.03. The number of carbonyl (C=O) groups is 1. The van der Waals surface area contributed by atoms with E-state index in [0.717, 1.165) is 43.4 Å². The van der Waals surface area contributed by atoms with Crippen LogP contribution in [0.15, 0.2) is 53.9 Å². The summed E-state index contributed by atoms with van der Waals surface area (Å²) >= 11 is 1.44. The topological polar surface area (TPSA) is 80.0 Å². The molecule has 172 valence electrons. The minimum Gasteiger partial charge on any atom is -0.338 e. The molecule has 5 rings (SSSR count). The summed E-state index contributed by atoms with van der Waals surface area (Å²) in [6.07, 6.45) is 9.60. The van der Waals surface area contributed by atoms with E-state index >= 15 is 0 Å². The van der Waals surface area contributed by atoms with E-state index in [1.54, 1.807) is 12.4 Å². The molecule has 0 atom stereocenters. The predicted octanol–water partition coefficient (Wildman–Crippen LogP) is 3.55. The van der Waals surface area contributed by atoms with Crippen molar-refractivity contribution in [1.82, 2.24) is 29.6 Å². The molecule has 1 saturated heterocycles. The van der Waals surface area contributed by atoms with Crippen molar-refractivity contribution in [3.8, 4) is 5.69 Å². The minimum atomic E-state index is 0.129. The zero-order valence-corrected chi connectivity index (χ0v) is 19.5. The van der Waals surface area contributed by atoms with Crippen LogP contribution in [-0.4, -0.2) is 67.5 Å². The zero-order chi connectivity index (χ0) is 22.5. The number of rotatable bonds is 6. The van der Waals surface area contributed by atoms with Crippen LogP contribution in [0.5, 0.6) is 0 Å². The number of hydrogen-bond donors (Lipinski definition) is 0. The third-order valence-corrected chi connectivity index (χ3v) is 7.20. The van der Waals surface area contributed by atoms with Crippen molar-refractivity contribution < 1.29 is 4.79 Å². The fourth-order valence-electron chi connectivity index (χ4n) is 4.58. The monoisotopic (exact) mass is 463 g/mol. The van der Waals surface area contributed by atoms with Crippen molar-refractivity contribution in [1.29, 1.82) is 0 Å². The molecule has 0 N–H and O–H groups in total. The van der Waals surface area contributed by atoms with Crippen LogP contribution < -0.4 is 4.90 Å². The van der Waals surface area contributed by atoms with E-state index in [-0.39, 0.29) is 5.91 Å². The van der Waals surface area contributed by atoms with Crippen LogP contribution in [0.4, 0.5) is 5.95 Å². The summed E-state index contributed by atoms with van der Waals surface area (Å²) in [4.78, 5) is 30.4. The lowest BCUT2D eigenvalue weighted by Crippen LogP contribution is -2.49. The van der Waals surface area contributed by atoms with Crippen LogP contribution in [0.3, 0.4) is 0 Å². The highest BCUT2D eigenvalue weighted by molar-refractivity contribution is 7.99. The van der Waals surface area contributed by atoms with Gasteiger partial charge in [-0.05, 0) is 31.0 Å². The van der Waals surface area contributed by atoms with Crippen molar-refractivity contribution in [3.05, 3.63) is 54.6 Å². The molecular formula is C24H29N7OS. The molecular weight excluding hydrogens is 434 g/mol. The molecule has 1 amide bonds. The number of carbonyl (C=O) groups excluding carboxylic acids is 1. The second-order valence-corrected chi connectivity index (χ2v) is 9.48. The molecule has 3 heterocycles. The van der Waals surface area contributed by atoms with Crippen LogP contribution >= 0.6 is 11.8 Å². The van der Waals surface area contributed by atoms with E-state index in [1.165, 1.54) is 31.0 Å². The molecule has 3 aromatic rings. The lowest BCUT2D eigenvalue weighted by Gasteiger charge is -2.34. The summed E-state index contributed by atoms with van der Waals surface area (Å²) in [7, 11) is 0. The fraction of sp³-hybridized carbons (Fsp3) is 0.458. The number of anilines is 1. The molecule has 2 aliphatic rings. The molecule has 9 heteroatoms. The summed E-state index contributed by atoms with van der Waals surface area (Å²) in [6.45, 7) is 2.84. The van der Waals surface area contributed by atoms with Gasteiger partial charge in [0, 0.05) is 44.5 Å². The Balaban J connectivity index is 1.22. The Kier molecular flexibility index (Phi) is 6.85. The second-order valence-electron chi connectivity index (χ2n) is 8.54. The van der Waals surface area contributed by atoms with Gasteiger partial charge in [-0.1, -0.05) is 49.2 Å². The molecule has 0 unspecified atom stereocenters. The van der Waals surface area contributed by atoms with Crippen LogP contribution in [0.1, 0.15) is 43.8 Å². The maximum Gasteiger partial charge on any atom is 0.233 e. The predicted molar refractivity (Wildman–Crippen MR) is 129 cm³/mol. The average Bonchev–Trinajstić information content (AvgIpc) is 3.33. The Labute approximate surface area is 198 Å². The van der Waals surface area contributed by atoms with Gasteiger partial charge in [-0.3, -0.25) is 4.79 Å². The third kappa shape index (κ3) is 5.19. The van der Waals surface area contributed by atoms with Gasteiger partial charge in [0.15, 0.2) is 0 Å². The molecule has 1 aromatic carbocycles. The van der Waals surface area contributed by atoms with E-state index in [9.17, 15) is 4.79 Å². The Morgan fingerprint density at radius 3 is 2.39 bits per heavy atom. The van der Waals surface area contributed by atoms with E-state index in [2.05, 4.69) is 27.0 Å². The van der Waals surface area contributed by atoms with Crippen molar-refractivity contribution >= 4 is 23.6 Å². The molecule has 1 saturated carbocycles. The third-order valence-electron chi connectivity index (χ3n) is 6.38. The van der Waals surface area contributed by atoms with Crippen molar-refractivity contribution in [2.75, 3.05) is 36.8 Å². The average molecular weight is 464 g/mol. The molecule has 0 radical (unpaired) electrons. The highest BCUT2D eigenvalue weighted by atomic mass is 32.2. The van der Waals surface area contributed by atoms with Crippen molar-refractivity contribution in [2.45, 2.75) is 43.2 Å².